The fourth-order valence-electron chi connectivity index (χ4n) is 4.67. The molecule has 31 heavy (non-hydrogen) atoms. The number of para-hydroxylation sites is 1. The molecule has 2 aliphatic rings. The molecular formula is C25H31N3O3. The van der Waals surface area contributed by atoms with Crippen molar-refractivity contribution in [1.29, 1.82) is 0 Å². The Kier molecular flexibility index (Phi) is 6.28. The molecule has 0 aromatic heterocycles. The van der Waals surface area contributed by atoms with E-state index >= 15 is 0 Å². The van der Waals surface area contributed by atoms with Gasteiger partial charge in [-0.3, -0.25) is 9.59 Å². The number of hydrogen-bond acceptors (Lipinski definition) is 4. The normalized spacial score (nSPS) is 22.1. The van der Waals surface area contributed by atoms with E-state index in [0.29, 0.717) is 39.0 Å². The van der Waals surface area contributed by atoms with Gasteiger partial charge < -0.3 is 20.3 Å². The quantitative estimate of drug-likeness (QED) is 0.827. The Morgan fingerprint density at radius 2 is 1.77 bits per heavy atom. The van der Waals surface area contributed by atoms with Crippen LogP contribution in [0.1, 0.15) is 37.3 Å². The van der Waals surface area contributed by atoms with E-state index in [0.717, 1.165) is 29.7 Å². The molecule has 2 heterocycles. The Balaban J connectivity index is 1.48. The average molecular weight is 422 g/mol. The Bertz CT molecular complexity index is 933. The van der Waals surface area contributed by atoms with Crippen LogP contribution >= 0.6 is 0 Å². The summed E-state index contributed by atoms with van der Waals surface area (Å²) in [7, 11) is 0. The van der Waals surface area contributed by atoms with Crippen LogP contribution in [0.4, 0.5) is 0 Å². The lowest BCUT2D eigenvalue weighted by Gasteiger charge is -2.35. The highest BCUT2D eigenvalue weighted by molar-refractivity contribution is 5.82. The van der Waals surface area contributed by atoms with Crippen molar-refractivity contribution in [3.05, 3.63) is 65.7 Å². The molecule has 6 nitrogen and oxygen atoms in total. The highest BCUT2D eigenvalue weighted by atomic mass is 16.5. The van der Waals surface area contributed by atoms with Gasteiger partial charge in [-0.2, -0.15) is 0 Å². The first-order chi connectivity index (χ1) is 15.0. The molecule has 1 saturated heterocycles. The molecule has 6 heteroatoms. The molecule has 0 bridgehead atoms. The predicted molar refractivity (Wildman–Crippen MR) is 119 cm³/mol. The first kappa shape index (κ1) is 21.4. The molecule has 2 aromatic rings. The molecular weight excluding hydrogens is 390 g/mol. The number of nitrogens with zero attached hydrogens (tertiary/aromatic N) is 2. The third kappa shape index (κ3) is 4.90. The largest absolute Gasteiger partial charge is 0.485 e. The van der Waals surface area contributed by atoms with Crippen molar-refractivity contribution < 1.29 is 14.3 Å². The van der Waals surface area contributed by atoms with E-state index in [1.54, 1.807) is 6.92 Å². The predicted octanol–water partition coefficient (Wildman–Crippen LogP) is 2.75. The third-order valence-corrected chi connectivity index (χ3v) is 6.41. The molecule has 1 spiro atoms. The molecule has 0 unspecified atom stereocenters. The van der Waals surface area contributed by atoms with Crippen molar-refractivity contribution >= 4 is 11.8 Å². The second-order valence-corrected chi connectivity index (χ2v) is 8.74. The molecule has 0 saturated carbocycles. The Hall–Kier alpha value is -2.86. The van der Waals surface area contributed by atoms with Crippen LogP contribution in [0, 0.1) is 0 Å². The first-order valence-corrected chi connectivity index (χ1v) is 11.1. The van der Waals surface area contributed by atoms with Crippen LogP contribution < -0.4 is 10.5 Å². The maximum atomic E-state index is 13.1. The van der Waals surface area contributed by atoms with Gasteiger partial charge in [0.25, 0.3) is 0 Å². The molecule has 2 amide bonds. The molecule has 2 atom stereocenters. The van der Waals surface area contributed by atoms with Crippen molar-refractivity contribution in [1.82, 2.24) is 9.80 Å². The van der Waals surface area contributed by atoms with Crippen molar-refractivity contribution in [3.8, 4) is 5.75 Å². The minimum absolute atomic E-state index is 0.0154. The highest BCUT2D eigenvalue weighted by Gasteiger charge is 2.41. The Morgan fingerprint density at radius 1 is 1.03 bits per heavy atom. The third-order valence-electron chi connectivity index (χ3n) is 6.41. The van der Waals surface area contributed by atoms with E-state index in [2.05, 4.69) is 0 Å². The number of carbonyl (C=O) groups is 2. The number of ether oxygens (including phenoxy) is 1. The number of nitrogens with two attached hydrogens (primary N) is 1. The van der Waals surface area contributed by atoms with E-state index in [1.165, 1.54) is 0 Å². The van der Waals surface area contributed by atoms with E-state index in [-0.39, 0.29) is 11.8 Å². The van der Waals surface area contributed by atoms with Gasteiger partial charge in [0.1, 0.15) is 11.4 Å². The van der Waals surface area contributed by atoms with Gasteiger partial charge in [-0.15, -0.1) is 0 Å². The summed E-state index contributed by atoms with van der Waals surface area (Å²) in [4.78, 5) is 29.1. The molecule has 2 aromatic carbocycles. The van der Waals surface area contributed by atoms with Crippen molar-refractivity contribution in [2.45, 2.75) is 50.8 Å². The summed E-state index contributed by atoms with van der Waals surface area (Å²) in [5.41, 5.74) is 7.88. The van der Waals surface area contributed by atoms with Gasteiger partial charge in [-0.05, 0) is 30.9 Å². The van der Waals surface area contributed by atoms with Gasteiger partial charge in [0.15, 0.2) is 0 Å². The number of carbonyl (C=O) groups excluding carboxylic acids is 2. The summed E-state index contributed by atoms with van der Waals surface area (Å²) in [6.45, 7) is 3.94. The molecule has 0 aliphatic carbocycles. The van der Waals surface area contributed by atoms with E-state index in [9.17, 15) is 9.59 Å². The Morgan fingerprint density at radius 3 is 2.55 bits per heavy atom. The summed E-state index contributed by atoms with van der Waals surface area (Å²) >= 11 is 0. The minimum atomic E-state index is -0.555. The number of fused-ring (bicyclic) bond motifs is 1. The Labute approximate surface area is 184 Å². The number of hydrogen-bond donors (Lipinski definition) is 1. The lowest BCUT2D eigenvalue weighted by atomic mass is 9.93. The monoisotopic (exact) mass is 421 g/mol. The van der Waals surface area contributed by atoms with Crippen LogP contribution in [0.3, 0.4) is 0 Å². The second-order valence-electron chi connectivity index (χ2n) is 8.74. The molecule has 1 fully saturated rings. The maximum Gasteiger partial charge on any atom is 0.239 e. The second kappa shape index (κ2) is 9.10. The van der Waals surface area contributed by atoms with Gasteiger partial charge in [0.2, 0.25) is 11.8 Å². The molecule has 4 rings (SSSR count). The fourth-order valence-corrected chi connectivity index (χ4v) is 4.67. The van der Waals surface area contributed by atoms with Crippen LogP contribution in [-0.2, 0) is 22.6 Å². The summed E-state index contributed by atoms with van der Waals surface area (Å²) in [5, 5.41) is 0. The number of benzene rings is 2. The van der Waals surface area contributed by atoms with Gasteiger partial charge in [-0.25, -0.2) is 0 Å². The van der Waals surface area contributed by atoms with Crippen LogP contribution in [-0.4, -0.2) is 52.9 Å². The van der Waals surface area contributed by atoms with E-state index in [4.69, 9.17) is 10.5 Å². The first-order valence-electron chi connectivity index (χ1n) is 11.1. The molecule has 2 aliphatic heterocycles. The van der Waals surface area contributed by atoms with E-state index in [1.807, 2.05) is 64.4 Å². The van der Waals surface area contributed by atoms with Gasteiger partial charge >= 0.3 is 0 Å². The zero-order valence-corrected chi connectivity index (χ0v) is 18.1. The molecule has 0 radical (unpaired) electrons. The lowest BCUT2D eigenvalue weighted by Crippen LogP contribution is -2.49. The zero-order chi connectivity index (χ0) is 21.8. The molecule has 2 N–H and O–H groups in total. The van der Waals surface area contributed by atoms with Crippen LogP contribution in [0.25, 0.3) is 0 Å². The average Bonchev–Trinajstić information content (AvgIpc) is 3.07. The zero-order valence-electron chi connectivity index (χ0n) is 18.1. The molecule has 164 valence electrons. The van der Waals surface area contributed by atoms with Crippen LogP contribution in [0.15, 0.2) is 54.6 Å². The van der Waals surface area contributed by atoms with Gasteiger partial charge in [0, 0.05) is 38.5 Å². The smallest absolute Gasteiger partial charge is 0.239 e. The van der Waals surface area contributed by atoms with Crippen LogP contribution in [0.2, 0.25) is 0 Å². The van der Waals surface area contributed by atoms with Crippen molar-refractivity contribution in [2.24, 2.45) is 5.73 Å². The summed E-state index contributed by atoms with van der Waals surface area (Å²) in [5.74, 6) is 0.867. The standard InChI is InChI=1S/C25H31N3O3/c1-19(29)28-17-21-10-5-6-11-23(21)31-25(18-28)12-7-14-27(15-13-25)24(30)22(26)16-20-8-3-2-4-9-20/h2-6,8-11,22H,7,12-18,26H2,1H3/t22-,25+/m1/s1. The van der Waals surface area contributed by atoms with Gasteiger partial charge in [-0.1, -0.05) is 48.5 Å². The SMILES string of the molecule is CC(=O)N1Cc2ccccc2O[C@]2(CCCN(C(=O)[C@H](N)Cc3ccccc3)CC2)C1. The number of amides is 2. The minimum Gasteiger partial charge on any atom is -0.485 e. The van der Waals surface area contributed by atoms with Crippen molar-refractivity contribution in [2.75, 3.05) is 19.6 Å². The topological polar surface area (TPSA) is 75.9 Å². The van der Waals surface area contributed by atoms with Crippen LogP contribution in [0.5, 0.6) is 5.75 Å². The lowest BCUT2D eigenvalue weighted by molar-refractivity contribution is -0.134. The van der Waals surface area contributed by atoms with Crippen molar-refractivity contribution in [3.63, 3.8) is 0 Å². The fraction of sp³-hybridized carbons (Fsp3) is 0.440. The summed E-state index contributed by atoms with van der Waals surface area (Å²) < 4.78 is 6.57. The summed E-state index contributed by atoms with van der Waals surface area (Å²) in [6.07, 6.45) is 2.82. The summed E-state index contributed by atoms with van der Waals surface area (Å²) in [6, 6.07) is 17.3. The maximum absolute atomic E-state index is 13.1. The number of likely N-dealkylation sites (tertiary alicyclic amines) is 1. The van der Waals surface area contributed by atoms with Gasteiger partial charge in [0.05, 0.1) is 12.6 Å². The highest BCUT2D eigenvalue weighted by Crippen LogP contribution is 2.35. The van der Waals surface area contributed by atoms with E-state index < -0.39 is 11.6 Å². The number of rotatable bonds is 3.